The molecule has 4 unspecified atom stereocenters. The van der Waals surface area contributed by atoms with Gasteiger partial charge in [0.2, 0.25) is 11.8 Å². The molecule has 1 aromatic heterocycles. The summed E-state index contributed by atoms with van der Waals surface area (Å²) >= 11 is 0. The standard InChI is InChI=1S/C15H21N3O3/c1-9(20-3)14-16-13(21-17-14)8-18(2)15(19)12-7-10-4-5-11(12)6-10/h4-5,9-12H,6-8H2,1-3H3. The van der Waals surface area contributed by atoms with E-state index in [1.807, 2.05) is 6.92 Å². The minimum atomic E-state index is -0.209. The van der Waals surface area contributed by atoms with Crippen LogP contribution in [0.15, 0.2) is 16.7 Å². The van der Waals surface area contributed by atoms with Crippen LogP contribution in [0.5, 0.6) is 0 Å². The van der Waals surface area contributed by atoms with Crippen molar-refractivity contribution < 1.29 is 14.1 Å². The first-order valence-electron chi connectivity index (χ1n) is 7.37. The second-order valence-electron chi connectivity index (χ2n) is 6.01. The molecule has 0 aromatic carbocycles. The Morgan fingerprint density at radius 3 is 2.95 bits per heavy atom. The van der Waals surface area contributed by atoms with E-state index in [2.05, 4.69) is 22.3 Å². The van der Waals surface area contributed by atoms with Gasteiger partial charge in [0.1, 0.15) is 6.10 Å². The van der Waals surface area contributed by atoms with E-state index in [1.54, 1.807) is 19.1 Å². The predicted molar refractivity (Wildman–Crippen MR) is 75.0 cm³/mol. The van der Waals surface area contributed by atoms with E-state index in [1.165, 1.54) is 0 Å². The maximum atomic E-state index is 12.5. The average molecular weight is 291 g/mol. The highest BCUT2D eigenvalue weighted by molar-refractivity contribution is 5.79. The van der Waals surface area contributed by atoms with E-state index in [0.717, 1.165) is 12.8 Å². The molecule has 6 nitrogen and oxygen atoms in total. The Hall–Kier alpha value is -1.69. The maximum Gasteiger partial charge on any atom is 0.246 e. The smallest absolute Gasteiger partial charge is 0.246 e. The Balaban J connectivity index is 1.61. The Morgan fingerprint density at radius 1 is 1.52 bits per heavy atom. The maximum absolute atomic E-state index is 12.5. The van der Waals surface area contributed by atoms with Gasteiger partial charge in [-0.25, -0.2) is 0 Å². The lowest BCUT2D eigenvalue weighted by molar-refractivity contribution is -0.135. The van der Waals surface area contributed by atoms with Crippen LogP contribution in [0.25, 0.3) is 0 Å². The predicted octanol–water partition coefficient (Wildman–Crippen LogP) is 1.95. The molecule has 1 aromatic rings. The first-order chi connectivity index (χ1) is 10.1. The summed E-state index contributed by atoms with van der Waals surface area (Å²) in [5.74, 6) is 2.25. The van der Waals surface area contributed by atoms with E-state index >= 15 is 0 Å². The van der Waals surface area contributed by atoms with Crippen molar-refractivity contribution in [1.82, 2.24) is 15.0 Å². The summed E-state index contributed by atoms with van der Waals surface area (Å²) in [5, 5.41) is 3.87. The molecule has 1 heterocycles. The van der Waals surface area contributed by atoms with E-state index < -0.39 is 0 Å². The molecule has 0 spiro atoms. The van der Waals surface area contributed by atoms with Gasteiger partial charge in [-0.1, -0.05) is 17.3 Å². The van der Waals surface area contributed by atoms with Crippen LogP contribution in [-0.4, -0.2) is 35.1 Å². The number of aromatic nitrogens is 2. The van der Waals surface area contributed by atoms with E-state index in [4.69, 9.17) is 9.26 Å². The number of carbonyl (C=O) groups is 1. The number of fused-ring (bicyclic) bond motifs is 2. The summed E-state index contributed by atoms with van der Waals surface area (Å²) < 4.78 is 10.3. The normalized spacial score (nSPS) is 28.0. The number of nitrogens with zero attached hydrogens (tertiary/aromatic N) is 3. The molecular formula is C15H21N3O3. The number of methoxy groups -OCH3 is 1. The highest BCUT2D eigenvalue weighted by atomic mass is 16.5. The minimum absolute atomic E-state index is 0.116. The molecule has 0 aliphatic heterocycles. The Morgan fingerprint density at radius 2 is 2.33 bits per heavy atom. The van der Waals surface area contributed by atoms with Crippen molar-refractivity contribution in [2.45, 2.75) is 32.4 Å². The van der Waals surface area contributed by atoms with Crippen molar-refractivity contribution in [3.8, 4) is 0 Å². The van der Waals surface area contributed by atoms with Gasteiger partial charge in [-0.15, -0.1) is 0 Å². The fraction of sp³-hybridized carbons (Fsp3) is 0.667. The van der Waals surface area contributed by atoms with Crippen molar-refractivity contribution >= 4 is 5.91 Å². The van der Waals surface area contributed by atoms with Crippen LogP contribution in [0.4, 0.5) is 0 Å². The molecule has 1 amide bonds. The highest BCUT2D eigenvalue weighted by Crippen LogP contribution is 2.44. The summed E-state index contributed by atoms with van der Waals surface area (Å²) in [7, 11) is 3.39. The van der Waals surface area contributed by atoms with Gasteiger partial charge < -0.3 is 14.2 Å². The molecule has 114 valence electrons. The number of hydrogen-bond donors (Lipinski definition) is 0. The number of allylic oxidation sites excluding steroid dienone is 2. The van der Waals surface area contributed by atoms with Gasteiger partial charge in [-0.05, 0) is 31.6 Å². The van der Waals surface area contributed by atoms with Crippen LogP contribution in [0, 0.1) is 17.8 Å². The first kappa shape index (κ1) is 14.3. The van der Waals surface area contributed by atoms with E-state index in [9.17, 15) is 4.79 Å². The third-order valence-corrected chi connectivity index (χ3v) is 4.55. The summed E-state index contributed by atoms with van der Waals surface area (Å²) in [4.78, 5) is 18.5. The third-order valence-electron chi connectivity index (χ3n) is 4.55. The number of amides is 1. The molecule has 2 aliphatic carbocycles. The summed E-state index contributed by atoms with van der Waals surface area (Å²) in [5.41, 5.74) is 0. The van der Waals surface area contributed by atoms with Crippen LogP contribution < -0.4 is 0 Å². The molecular weight excluding hydrogens is 270 g/mol. The molecule has 0 radical (unpaired) electrons. The zero-order valence-electron chi connectivity index (χ0n) is 12.7. The van der Waals surface area contributed by atoms with E-state index in [0.29, 0.717) is 30.1 Å². The van der Waals surface area contributed by atoms with Crippen LogP contribution in [-0.2, 0) is 16.1 Å². The van der Waals surface area contributed by atoms with Crippen molar-refractivity contribution in [2.24, 2.45) is 17.8 Å². The van der Waals surface area contributed by atoms with Crippen molar-refractivity contribution in [1.29, 1.82) is 0 Å². The summed E-state index contributed by atoms with van der Waals surface area (Å²) in [6.07, 6.45) is 6.32. The van der Waals surface area contributed by atoms with Gasteiger partial charge in [-0.2, -0.15) is 4.98 Å². The molecule has 2 aliphatic rings. The van der Waals surface area contributed by atoms with Crippen LogP contribution in [0.1, 0.15) is 37.6 Å². The van der Waals surface area contributed by atoms with Gasteiger partial charge in [0.25, 0.3) is 0 Å². The molecule has 1 saturated carbocycles. The van der Waals surface area contributed by atoms with Crippen LogP contribution >= 0.6 is 0 Å². The van der Waals surface area contributed by atoms with Crippen LogP contribution in [0.2, 0.25) is 0 Å². The minimum Gasteiger partial charge on any atom is -0.374 e. The quantitative estimate of drug-likeness (QED) is 0.776. The van der Waals surface area contributed by atoms with Gasteiger partial charge in [-0.3, -0.25) is 4.79 Å². The lowest BCUT2D eigenvalue weighted by atomic mass is 9.92. The second-order valence-corrected chi connectivity index (χ2v) is 6.01. The molecule has 4 atom stereocenters. The van der Waals surface area contributed by atoms with Crippen molar-refractivity contribution in [2.75, 3.05) is 14.2 Å². The molecule has 3 rings (SSSR count). The molecule has 0 saturated heterocycles. The van der Waals surface area contributed by atoms with Gasteiger partial charge >= 0.3 is 0 Å². The fourth-order valence-corrected chi connectivity index (χ4v) is 3.23. The lowest BCUT2D eigenvalue weighted by Gasteiger charge is -2.23. The lowest BCUT2D eigenvalue weighted by Crippen LogP contribution is -2.34. The van der Waals surface area contributed by atoms with Gasteiger partial charge in [0.15, 0.2) is 5.82 Å². The summed E-state index contributed by atoms with van der Waals surface area (Å²) in [6.45, 7) is 2.20. The van der Waals surface area contributed by atoms with Gasteiger partial charge in [0, 0.05) is 20.1 Å². The first-order valence-corrected chi connectivity index (χ1v) is 7.37. The monoisotopic (exact) mass is 291 g/mol. The number of rotatable bonds is 5. The zero-order chi connectivity index (χ0) is 15.0. The average Bonchev–Trinajstić information content (AvgIpc) is 3.21. The molecule has 0 N–H and O–H groups in total. The summed E-state index contributed by atoms with van der Waals surface area (Å²) in [6, 6.07) is 0. The Bertz CT molecular complexity index is 554. The Kier molecular flexibility index (Phi) is 3.80. The zero-order valence-corrected chi connectivity index (χ0v) is 12.7. The van der Waals surface area contributed by atoms with Gasteiger partial charge in [0.05, 0.1) is 6.54 Å². The number of hydrogen-bond acceptors (Lipinski definition) is 5. The second kappa shape index (κ2) is 5.60. The van der Waals surface area contributed by atoms with Crippen molar-refractivity contribution in [3.05, 3.63) is 23.9 Å². The SMILES string of the molecule is COC(C)c1noc(CN(C)C(=O)C2CC3C=CC2C3)n1. The third kappa shape index (κ3) is 2.72. The van der Waals surface area contributed by atoms with Crippen LogP contribution in [0.3, 0.4) is 0 Å². The number of carbonyl (C=O) groups excluding carboxylic acids is 1. The fourth-order valence-electron chi connectivity index (χ4n) is 3.23. The topological polar surface area (TPSA) is 68.5 Å². The number of ether oxygens (including phenoxy) is 1. The van der Waals surface area contributed by atoms with E-state index in [-0.39, 0.29) is 17.9 Å². The molecule has 2 bridgehead atoms. The van der Waals surface area contributed by atoms with Crippen molar-refractivity contribution in [3.63, 3.8) is 0 Å². The molecule has 1 fully saturated rings. The molecule has 21 heavy (non-hydrogen) atoms. The molecule has 6 heteroatoms. The Labute approximate surface area is 124 Å². The largest absolute Gasteiger partial charge is 0.374 e. The highest BCUT2D eigenvalue weighted by Gasteiger charge is 2.41.